The first-order valence-electron chi connectivity index (χ1n) is 12.1. The summed E-state index contributed by atoms with van der Waals surface area (Å²) in [6.07, 6.45) is 3.34. The number of rotatable bonds is 8. The first kappa shape index (κ1) is 23.9. The van der Waals surface area contributed by atoms with Gasteiger partial charge < -0.3 is 15.1 Å². The molecule has 1 atom stereocenters. The molecular weight excluding hydrogens is 433 g/mol. The van der Waals surface area contributed by atoms with E-state index in [1.165, 1.54) is 12.1 Å². The predicted molar refractivity (Wildman–Crippen MR) is 129 cm³/mol. The molecule has 2 aromatic rings. The highest BCUT2D eigenvalue weighted by atomic mass is 19.1. The highest BCUT2D eigenvalue weighted by molar-refractivity contribution is 6.01. The molecular formula is C27H32FN3O3. The van der Waals surface area contributed by atoms with Gasteiger partial charge in [-0.2, -0.15) is 0 Å². The van der Waals surface area contributed by atoms with E-state index < -0.39 is 5.41 Å². The number of carbonyl (C=O) groups excluding carboxylic acids is 2. The van der Waals surface area contributed by atoms with Crippen molar-refractivity contribution < 1.29 is 18.8 Å². The molecule has 2 amide bonds. The van der Waals surface area contributed by atoms with Crippen LogP contribution in [0.2, 0.25) is 0 Å². The van der Waals surface area contributed by atoms with E-state index in [-0.39, 0.29) is 30.2 Å². The van der Waals surface area contributed by atoms with Gasteiger partial charge in [-0.1, -0.05) is 54.5 Å². The second-order valence-electron chi connectivity index (χ2n) is 9.26. The lowest BCUT2D eigenvalue weighted by molar-refractivity contribution is -0.142. The van der Waals surface area contributed by atoms with E-state index in [0.29, 0.717) is 45.3 Å². The number of nitrogens with zero attached hydrogens (tertiary/aromatic N) is 2. The minimum absolute atomic E-state index is 0.000915. The molecule has 0 spiro atoms. The Morgan fingerprint density at radius 3 is 2.50 bits per heavy atom. The van der Waals surface area contributed by atoms with Gasteiger partial charge in [0.25, 0.3) is 0 Å². The molecule has 2 heterocycles. The van der Waals surface area contributed by atoms with Gasteiger partial charge in [-0.05, 0) is 42.5 Å². The van der Waals surface area contributed by atoms with E-state index in [4.69, 9.17) is 4.84 Å². The van der Waals surface area contributed by atoms with Gasteiger partial charge in [-0.15, -0.1) is 0 Å². The van der Waals surface area contributed by atoms with E-state index in [0.717, 1.165) is 23.3 Å². The SMILES string of the molecule is CCCNC(=O)C1(CC2CC(c3ccccc3)=NO2)CCN(C(=O)Cc2ccc(F)cc2)CC1. The zero-order valence-electron chi connectivity index (χ0n) is 19.6. The van der Waals surface area contributed by atoms with Crippen LogP contribution in [-0.2, 0) is 20.8 Å². The van der Waals surface area contributed by atoms with E-state index in [1.807, 2.05) is 42.2 Å². The molecule has 2 aromatic carbocycles. The highest BCUT2D eigenvalue weighted by Crippen LogP contribution is 2.39. The van der Waals surface area contributed by atoms with Crippen molar-refractivity contribution in [2.75, 3.05) is 19.6 Å². The van der Waals surface area contributed by atoms with Crippen molar-refractivity contribution in [3.8, 4) is 0 Å². The molecule has 0 aliphatic carbocycles. The van der Waals surface area contributed by atoms with Crippen LogP contribution in [0.5, 0.6) is 0 Å². The van der Waals surface area contributed by atoms with Gasteiger partial charge in [0.2, 0.25) is 11.8 Å². The maximum atomic E-state index is 13.3. The third kappa shape index (κ3) is 5.64. The van der Waals surface area contributed by atoms with Crippen LogP contribution in [0.3, 0.4) is 0 Å². The zero-order chi connectivity index (χ0) is 24.0. The summed E-state index contributed by atoms with van der Waals surface area (Å²) in [6, 6.07) is 16.0. The van der Waals surface area contributed by atoms with Crippen LogP contribution < -0.4 is 5.32 Å². The largest absolute Gasteiger partial charge is 0.392 e. The normalized spacial score (nSPS) is 19.3. The molecule has 1 unspecified atom stereocenters. The molecule has 6 nitrogen and oxygen atoms in total. The molecule has 0 radical (unpaired) electrons. The Hall–Kier alpha value is -3.22. The lowest BCUT2D eigenvalue weighted by Crippen LogP contribution is -2.51. The first-order chi connectivity index (χ1) is 16.5. The number of oxime groups is 1. The summed E-state index contributed by atoms with van der Waals surface area (Å²) in [5.74, 6) is -0.275. The number of hydrogen-bond acceptors (Lipinski definition) is 4. The number of likely N-dealkylation sites (tertiary alicyclic amines) is 1. The predicted octanol–water partition coefficient (Wildman–Crippen LogP) is 4.09. The van der Waals surface area contributed by atoms with Crippen molar-refractivity contribution in [1.82, 2.24) is 10.2 Å². The average Bonchev–Trinajstić information content (AvgIpc) is 3.33. The van der Waals surface area contributed by atoms with E-state index >= 15 is 0 Å². The summed E-state index contributed by atoms with van der Waals surface area (Å²) in [7, 11) is 0. The molecule has 1 fully saturated rings. The molecule has 1 N–H and O–H groups in total. The summed E-state index contributed by atoms with van der Waals surface area (Å²) >= 11 is 0. The summed E-state index contributed by atoms with van der Waals surface area (Å²) in [4.78, 5) is 33.7. The van der Waals surface area contributed by atoms with Crippen LogP contribution in [0.25, 0.3) is 0 Å². The monoisotopic (exact) mass is 465 g/mol. The fourth-order valence-electron chi connectivity index (χ4n) is 4.80. The van der Waals surface area contributed by atoms with Crippen LogP contribution in [0.4, 0.5) is 4.39 Å². The van der Waals surface area contributed by atoms with Crippen molar-refractivity contribution in [2.45, 2.75) is 51.6 Å². The molecule has 180 valence electrons. The lowest BCUT2D eigenvalue weighted by atomic mass is 9.72. The van der Waals surface area contributed by atoms with Crippen LogP contribution in [0.15, 0.2) is 59.8 Å². The molecule has 1 saturated heterocycles. The standard InChI is InChI=1S/C27H32FN3O3/c1-2-14-29-26(33)27(19-23-18-24(30-34-23)21-6-4-3-5-7-21)12-15-31(16-13-27)25(32)17-20-8-10-22(28)11-9-20/h3-11,23H,2,12-19H2,1H3,(H,29,33). The topological polar surface area (TPSA) is 71.0 Å². The third-order valence-electron chi connectivity index (χ3n) is 6.82. The van der Waals surface area contributed by atoms with Crippen LogP contribution in [0, 0.1) is 11.2 Å². The number of nitrogens with one attached hydrogen (secondary N) is 1. The third-order valence-corrected chi connectivity index (χ3v) is 6.82. The number of hydrogen-bond donors (Lipinski definition) is 1. The van der Waals surface area contributed by atoms with Gasteiger partial charge in [-0.25, -0.2) is 4.39 Å². The van der Waals surface area contributed by atoms with Gasteiger partial charge in [0.1, 0.15) is 11.9 Å². The fourth-order valence-corrected chi connectivity index (χ4v) is 4.80. The fraction of sp³-hybridized carbons (Fsp3) is 0.444. The van der Waals surface area contributed by atoms with Crippen molar-refractivity contribution in [3.05, 3.63) is 71.5 Å². The van der Waals surface area contributed by atoms with Gasteiger partial charge >= 0.3 is 0 Å². The summed E-state index contributed by atoms with van der Waals surface area (Å²) in [5.41, 5.74) is 2.14. The smallest absolute Gasteiger partial charge is 0.226 e. The molecule has 4 rings (SSSR count). The van der Waals surface area contributed by atoms with Gasteiger partial charge in [0, 0.05) is 32.5 Å². The Labute approximate surface area is 200 Å². The van der Waals surface area contributed by atoms with Crippen molar-refractivity contribution in [3.63, 3.8) is 0 Å². The van der Waals surface area contributed by atoms with E-state index in [2.05, 4.69) is 10.5 Å². The number of halogens is 1. The van der Waals surface area contributed by atoms with E-state index in [1.54, 1.807) is 12.1 Å². The van der Waals surface area contributed by atoms with Crippen molar-refractivity contribution >= 4 is 17.5 Å². The lowest BCUT2D eigenvalue weighted by Gasteiger charge is -2.41. The van der Waals surface area contributed by atoms with Gasteiger partial charge in [0.05, 0.1) is 17.5 Å². The zero-order valence-corrected chi connectivity index (χ0v) is 19.6. The van der Waals surface area contributed by atoms with Crippen LogP contribution in [-0.4, -0.2) is 48.2 Å². The highest BCUT2D eigenvalue weighted by Gasteiger charge is 2.45. The Kier molecular flexibility index (Phi) is 7.60. The molecule has 7 heteroatoms. The molecule has 2 aliphatic heterocycles. The van der Waals surface area contributed by atoms with Gasteiger partial charge in [0.15, 0.2) is 0 Å². The number of piperidine rings is 1. The maximum Gasteiger partial charge on any atom is 0.226 e. The van der Waals surface area contributed by atoms with Crippen LogP contribution in [0.1, 0.15) is 50.2 Å². The quantitative estimate of drug-likeness (QED) is 0.639. The van der Waals surface area contributed by atoms with Gasteiger partial charge in [-0.3, -0.25) is 9.59 Å². The Morgan fingerprint density at radius 2 is 1.82 bits per heavy atom. The molecule has 0 bridgehead atoms. The minimum Gasteiger partial charge on any atom is -0.392 e. The Bertz CT molecular complexity index is 1020. The van der Waals surface area contributed by atoms with Crippen molar-refractivity contribution in [2.24, 2.45) is 10.6 Å². The van der Waals surface area contributed by atoms with E-state index in [9.17, 15) is 14.0 Å². The second kappa shape index (κ2) is 10.8. The number of carbonyl (C=O) groups is 2. The van der Waals surface area contributed by atoms with Crippen molar-refractivity contribution in [1.29, 1.82) is 0 Å². The summed E-state index contributed by atoms with van der Waals surface area (Å²) in [6.45, 7) is 3.69. The number of benzene rings is 2. The first-order valence-corrected chi connectivity index (χ1v) is 12.1. The molecule has 0 aromatic heterocycles. The minimum atomic E-state index is -0.589. The maximum absolute atomic E-state index is 13.3. The molecule has 0 saturated carbocycles. The second-order valence-corrected chi connectivity index (χ2v) is 9.26. The molecule has 34 heavy (non-hydrogen) atoms. The van der Waals surface area contributed by atoms with Crippen LogP contribution >= 0.6 is 0 Å². The number of amides is 2. The average molecular weight is 466 g/mol. The Morgan fingerprint density at radius 1 is 1.12 bits per heavy atom. The molecule has 2 aliphatic rings. The summed E-state index contributed by atoms with van der Waals surface area (Å²) < 4.78 is 13.2. The Balaban J connectivity index is 1.39. The summed E-state index contributed by atoms with van der Waals surface area (Å²) in [5, 5.41) is 7.37.